The average Bonchev–Trinajstić information content (AvgIpc) is 3.03. The van der Waals surface area contributed by atoms with E-state index in [0.717, 1.165) is 10.4 Å². The first-order chi connectivity index (χ1) is 11.0. The molecule has 1 aromatic carbocycles. The van der Waals surface area contributed by atoms with Crippen LogP contribution in [0.15, 0.2) is 49.1 Å². The monoisotopic (exact) mass is 333 g/mol. The predicted molar refractivity (Wildman–Crippen MR) is 87.8 cm³/mol. The number of halogens is 1. The van der Waals surface area contributed by atoms with Gasteiger partial charge in [-0.05, 0) is 36.8 Å². The van der Waals surface area contributed by atoms with E-state index < -0.39 is 12.1 Å². The molecule has 0 saturated carbocycles. The van der Waals surface area contributed by atoms with Gasteiger partial charge in [-0.3, -0.25) is 4.79 Å². The van der Waals surface area contributed by atoms with Crippen molar-refractivity contribution in [3.8, 4) is 10.4 Å². The minimum absolute atomic E-state index is 0.314. The molecule has 23 heavy (non-hydrogen) atoms. The Morgan fingerprint density at radius 2 is 2.00 bits per heavy atom. The van der Waals surface area contributed by atoms with Crippen LogP contribution in [0.2, 0.25) is 0 Å². The van der Waals surface area contributed by atoms with Gasteiger partial charge in [0.05, 0.1) is 0 Å². The lowest BCUT2D eigenvalue weighted by molar-refractivity contribution is -0.128. The maximum atomic E-state index is 12.9. The Labute approximate surface area is 137 Å². The smallest absolute Gasteiger partial charge is 0.349 e. The van der Waals surface area contributed by atoms with Crippen LogP contribution in [0.1, 0.15) is 16.6 Å². The molecule has 1 aromatic heterocycles. The van der Waals surface area contributed by atoms with E-state index >= 15 is 0 Å². The molecule has 4 nitrogen and oxygen atoms in total. The summed E-state index contributed by atoms with van der Waals surface area (Å²) in [7, 11) is 0. The summed E-state index contributed by atoms with van der Waals surface area (Å²) in [6, 6.07) is 9.39. The molecule has 0 unspecified atom stereocenters. The number of carbonyl (C=O) groups is 2. The van der Waals surface area contributed by atoms with Gasteiger partial charge in [0, 0.05) is 11.4 Å². The summed E-state index contributed by atoms with van der Waals surface area (Å²) in [4.78, 5) is 24.9. The quantitative estimate of drug-likeness (QED) is 0.651. The molecule has 0 aliphatic rings. The van der Waals surface area contributed by atoms with Crippen LogP contribution in [-0.2, 0) is 9.53 Å². The van der Waals surface area contributed by atoms with Gasteiger partial charge in [0.1, 0.15) is 10.7 Å². The summed E-state index contributed by atoms with van der Waals surface area (Å²) in [5.41, 5.74) is 0.812. The second-order valence-electron chi connectivity index (χ2n) is 4.75. The number of rotatable bonds is 6. The number of benzene rings is 1. The van der Waals surface area contributed by atoms with Gasteiger partial charge in [-0.1, -0.05) is 18.2 Å². The summed E-state index contributed by atoms with van der Waals surface area (Å²) in [5, 5.41) is 2.56. The van der Waals surface area contributed by atoms with Crippen LogP contribution in [0, 0.1) is 5.82 Å². The fourth-order valence-electron chi connectivity index (χ4n) is 1.81. The zero-order valence-corrected chi connectivity index (χ0v) is 13.4. The van der Waals surface area contributed by atoms with E-state index in [1.165, 1.54) is 30.4 Å². The van der Waals surface area contributed by atoms with E-state index in [1.807, 2.05) is 0 Å². The van der Waals surface area contributed by atoms with Crippen molar-refractivity contribution in [2.24, 2.45) is 0 Å². The zero-order valence-electron chi connectivity index (χ0n) is 12.5. The van der Waals surface area contributed by atoms with Crippen molar-refractivity contribution < 1.29 is 18.7 Å². The number of esters is 1. The van der Waals surface area contributed by atoms with Crippen LogP contribution in [0.25, 0.3) is 10.4 Å². The average molecular weight is 333 g/mol. The molecule has 0 radical (unpaired) electrons. The molecular formula is C17H16FNO3S. The van der Waals surface area contributed by atoms with Crippen LogP contribution in [0.3, 0.4) is 0 Å². The Morgan fingerprint density at radius 3 is 2.65 bits per heavy atom. The lowest BCUT2D eigenvalue weighted by Crippen LogP contribution is -2.35. The summed E-state index contributed by atoms with van der Waals surface area (Å²) in [6.45, 7) is 5.31. The third-order valence-electron chi connectivity index (χ3n) is 3.01. The standard InChI is InChI=1S/C17H16FNO3S/c1-3-10-19-16(20)11(2)22-17(21)15-9-8-14(23-15)12-4-6-13(18)7-5-12/h3-9,11H,1,10H2,2H3,(H,19,20)/t11-/m0/s1. The minimum Gasteiger partial charge on any atom is -0.448 e. The van der Waals surface area contributed by atoms with Crippen molar-refractivity contribution in [3.63, 3.8) is 0 Å². The zero-order chi connectivity index (χ0) is 16.8. The lowest BCUT2D eigenvalue weighted by Gasteiger charge is -2.11. The van der Waals surface area contributed by atoms with Crippen LogP contribution in [-0.4, -0.2) is 24.5 Å². The van der Waals surface area contributed by atoms with Crippen molar-refractivity contribution in [2.75, 3.05) is 6.54 Å². The Bertz CT molecular complexity index is 709. The van der Waals surface area contributed by atoms with E-state index in [4.69, 9.17) is 4.74 Å². The number of carbonyl (C=O) groups excluding carboxylic acids is 2. The van der Waals surface area contributed by atoms with Gasteiger partial charge in [0.15, 0.2) is 6.10 Å². The molecule has 0 aliphatic heterocycles. The summed E-state index contributed by atoms with van der Waals surface area (Å²) < 4.78 is 18.1. The Kier molecular flexibility index (Phi) is 5.65. The molecule has 1 atom stereocenters. The van der Waals surface area contributed by atoms with Gasteiger partial charge in [-0.25, -0.2) is 9.18 Å². The van der Waals surface area contributed by atoms with Crippen LogP contribution < -0.4 is 5.32 Å². The van der Waals surface area contributed by atoms with Crippen molar-refractivity contribution in [1.82, 2.24) is 5.32 Å². The number of hydrogen-bond donors (Lipinski definition) is 1. The first-order valence-electron chi connectivity index (χ1n) is 6.96. The predicted octanol–water partition coefficient (Wildman–Crippen LogP) is 3.40. The molecule has 1 amide bonds. The second kappa shape index (κ2) is 7.69. The van der Waals surface area contributed by atoms with E-state index in [0.29, 0.717) is 11.4 Å². The third kappa shape index (κ3) is 4.50. The van der Waals surface area contributed by atoms with Gasteiger partial charge in [-0.2, -0.15) is 0 Å². The Balaban J connectivity index is 2.02. The molecule has 2 aromatic rings. The Morgan fingerprint density at radius 1 is 1.30 bits per heavy atom. The molecule has 0 saturated heterocycles. The highest BCUT2D eigenvalue weighted by atomic mass is 32.1. The fourth-order valence-corrected chi connectivity index (χ4v) is 2.70. The largest absolute Gasteiger partial charge is 0.448 e. The van der Waals surface area contributed by atoms with Crippen molar-refractivity contribution in [2.45, 2.75) is 13.0 Å². The molecule has 0 fully saturated rings. The molecule has 0 spiro atoms. The van der Waals surface area contributed by atoms with E-state index in [9.17, 15) is 14.0 Å². The highest BCUT2D eigenvalue weighted by molar-refractivity contribution is 7.17. The number of nitrogens with one attached hydrogen (secondary N) is 1. The molecule has 120 valence electrons. The molecule has 6 heteroatoms. The molecule has 2 rings (SSSR count). The van der Waals surface area contributed by atoms with Gasteiger partial charge < -0.3 is 10.1 Å². The summed E-state index contributed by atoms with van der Waals surface area (Å²) in [5.74, 6) is -1.26. The minimum atomic E-state index is -0.890. The van der Waals surface area contributed by atoms with Crippen molar-refractivity contribution in [1.29, 1.82) is 0 Å². The summed E-state index contributed by atoms with van der Waals surface area (Å²) in [6.07, 6.45) is 0.652. The van der Waals surface area contributed by atoms with Gasteiger partial charge in [0.25, 0.3) is 5.91 Å². The normalized spacial score (nSPS) is 11.6. The number of hydrogen-bond acceptors (Lipinski definition) is 4. The first-order valence-corrected chi connectivity index (χ1v) is 7.78. The molecular weight excluding hydrogens is 317 g/mol. The van der Waals surface area contributed by atoms with Crippen molar-refractivity contribution in [3.05, 3.63) is 59.7 Å². The van der Waals surface area contributed by atoms with Crippen molar-refractivity contribution >= 4 is 23.2 Å². The van der Waals surface area contributed by atoms with Crippen LogP contribution in [0.5, 0.6) is 0 Å². The van der Waals surface area contributed by atoms with E-state index in [1.54, 1.807) is 30.3 Å². The third-order valence-corrected chi connectivity index (χ3v) is 4.12. The van der Waals surface area contributed by atoms with Crippen LogP contribution >= 0.6 is 11.3 Å². The number of thiophene rings is 1. The van der Waals surface area contributed by atoms with Gasteiger partial charge in [0.2, 0.25) is 0 Å². The molecule has 0 bridgehead atoms. The molecule has 1 N–H and O–H groups in total. The van der Waals surface area contributed by atoms with E-state index in [2.05, 4.69) is 11.9 Å². The highest BCUT2D eigenvalue weighted by Gasteiger charge is 2.19. The summed E-state index contributed by atoms with van der Waals surface area (Å²) >= 11 is 1.23. The lowest BCUT2D eigenvalue weighted by atomic mass is 10.2. The highest BCUT2D eigenvalue weighted by Crippen LogP contribution is 2.28. The fraction of sp³-hybridized carbons (Fsp3) is 0.176. The number of ether oxygens (including phenoxy) is 1. The number of amides is 1. The molecule has 1 heterocycles. The van der Waals surface area contributed by atoms with Gasteiger partial charge >= 0.3 is 5.97 Å². The topological polar surface area (TPSA) is 55.4 Å². The maximum Gasteiger partial charge on any atom is 0.349 e. The van der Waals surface area contributed by atoms with Gasteiger partial charge in [-0.15, -0.1) is 17.9 Å². The SMILES string of the molecule is C=CCNC(=O)[C@H](C)OC(=O)c1ccc(-c2ccc(F)cc2)s1. The molecule has 0 aliphatic carbocycles. The maximum absolute atomic E-state index is 12.9. The Hall–Kier alpha value is -2.47. The first kappa shape index (κ1) is 16.9. The van der Waals surface area contributed by atoms with Crippen LogP contribution in [0.4, 0.5) is 4.39 Å². The second-order valence-corrected chi connectivity index (χ2v) is 5.84. The van der Waals surface area contributed by atoms with E-state index in [-0.39, 0.29) is 11.7 Å².